The van der Waals surface area contributed by atoms with Gasteiger partial charge in [0.2, 0.25) is 5.91 Å². The Bertz CT molecular complexity index is 996. The summed E-state index contributed by atoms with van der Waals surface area (Å²) in [5.74, 6) is 6.10. The van der Waals surface area contributed by atoms with Crippen molar-refractivity contribution in [3.63, 3.8) is 0 Å². The molecule has 0 radical (unpaired) electrons. The second-order valence-electron chi connectivity index (χ2n) is 9.43. The topological polar surface area (TPSA) is 145 Å². The van der Waals surface area contributed by atoms with E-state index < -0.39 is 12.1 Å². The van der Waals surface area contributed by atoms with Gasteiger partial charge in [0.25, 0.3) is 0 Å². The molecule has 3 heterocycles. The Morgan fingerprint density at radius 3 is 2.57 bits per heavy atom. The summed E-state index contributed by atoms with van der Waals surface area (Å²) in [5, 5.41) is 14.4. The molecule has 4 rings (SSSR count). The van der Waals surface area contributed by atoms with Crippen LogP contribution in [0.4, 0.5) is 0 Å². The predicted molar refractivity (Wildman–Crippen MR) is 136 cm³/mol. The molecule has 1 amide bonds. The van der Waals surface area contributed by atoms with Crippen LogP contribution in [0.2, 0.25) is 0 Å². The van der Waals surface area contributed by atoms with Gasteiger partial charge in [-0.25, -0.2) is 10.8 Å². The molecule has 2 aromatic rings. The van der Waals surface area contributed by atoms with Gasteiger partial charge < -0.3 is 26.8 Å². The van der Waals surface area contributed by atoms with E-state index in [2.05, 4.69) is 22.4 Å². The number of nitrogens with zero attached hydrogens (tertiary/aromatic N) is 3. The number of nitrogens with two attached hydrogens (primary N) is 2. The first kappa shape index (κ1) is 29.4. The maximum Gasteiger partial charge on any atom is 0.247 e. The third-order valence-electron chi connectivity index (χ3n) is 6.30. The van der Waals surface area contributed by atoms with Gasteiger partial charge in [-0.1, -0.05) is 43.7 Å². The van der Waals surface area contributed by atoms with Crippen LogP contribution < -0.4 is 16.9 Å². The van der Waals surface area contributed by atoms with E-state index in [1.807, 2.05) is 38.4 Å². The Hall–Kier alpha value is -1.81. The quantitative estimate of drug-likeness (QED) is 0.367. The van der Waals surface area contributed by atoms with Crippen LogP contribution in [0.5, 0.6) is 0 Å². The Morgan fingerprint density at radius 1 is 1.37 bits per heavy atom. The van der Waals surface area contributed by atoms with Crippen LogP contribution in [0.25, 0.3) is 16.2 Å². The van der Waals surface area contributed by atoms with Crippen LogP contribution in [-0.4, -0.2) is 64.2 Å². The van der Waals surface area contributed by atoms with E-state index in [9.17, 15) is 9.90 Å². The maximum atomic E-state index is 12.8. The summed E-state index contributed by atoms with van der Waals surface area (Å²) in [6.45, 7) is 8.56. The number of rotatable bonds is 3. The van der Waals surface area contributed by atoms with Gasteiger partial charge in [-0.3, -0.25) is 9.80 Å². The van der Waals surface area contributed by atoms with Crippen LogP contribution in [-0.2, 0) is 32.4 Å². The van der Waals surface area contributed by atoms with Gasteiger partial charge in [0.15, 0.2) is 0 Å². The fourth-order valence-corrected chi connectivity index (χ4v) is 5.12. The van der Waals surface area contributed by atoms with Crippen molar-refractivity contribution in [1.82, 2.24) is 20.2 Å². The molecule has 0 spiro atoms. The molecule has 0 aliphatic carbocycles. The molecule has 1 aromatic heterocycles. The number of amides is 1. The molecule has 2 saturated heterocycles. The second kappa shape index (κ2) is 12.9. The average Bonchev–Trinajstić information content (AvgIpc) is 3.42. The summed E-state index contributed by atoms with van der Waals surface area (Å²) in [5.41, 5.74) is 18.4. The van der Waals surface area contributed by atoms with E-state index >= 15 is 0 Å². The zero-order valence-corrected chi connectivity index (χ0v) is 24.3. The van der Waals surface area contributed by atoms with Crippen LogP contribution in [0.15, 0.2) is 41.7 Å². The number of hydrazine groups is 1. The fourth-order valence-electron chi connectivity index (χ4n) is 4.31. The molecule has 7 N–H and O–H groups in total. The van der Waals surface area contributed by atoms with Gasteiger partial charge in [0.1, 0.15) is 6.04 Å². The molecule has 1 aromatic carbocycles. The normalized spacial score (nSPS) is 22.7. The van der Waals surface area contributed by atoms with Crippen molar-refractivity contribution in [3.8, 4) is 10.4 Å². The summed E-state index contributed by atoms with van der Waals surface area (Å²) >= 11 is 1.66. The molecular formula is C24H36N7O2SW-. The molecule has 192 valence electrons. The van der Waals surface area contributed by atoms with Gasteiger partial charge in [-0.05, 0) is 18.9 Å². The number of hydrogen-bond acceptors (Lipinski definition) is 8. The van der Waals surface area contributed by atoms with Crippen LogP contribution >= 0.6 is 11.3 Å². The van der Waals surface area contributed by atoms with E-state index in [0.29, 0.717) is 44.8 Å². The number of benzene rings is 1. The standard InChI is InChI=1S/C13H25N5O2.C11H11N2S.W/c1-13(2)8-16-6-9(5-14)18(15)11(13)12(20)17-4-3-10(19)7-17;1-8-11(14-7-13-8)10-4-2-9(6-12)3-5-10;/h5,10-11,16,19H,3-4,6-8,14-15H2,1-2H3;2-5,7,12H,6H2,1H3;/q;-1;/b9-5-;;. The minimum absolute atomic E-state index is 0. The molecule has 2 unspecified atom stereocenters. The molecule has 2 atom stereocenters. The average molecular weight is 671 g/mol. The molecule has 11 heteroatoms. The van der Waals surface area contributed by atoms with Crippen molar-refractivity contribution in [2.75, 3.05) is 26.2 Å². The zero-order chi connectivity index (χ0) is 24.9. The Labute approximate surface area is 226 Å². The molecule has 35 heavy (non-hydrogen) atoms. The Morgan fingerprint density at radius 2 is 2.06 bits per heavy atom. The summed E-state index contributed by atoms with van der Waals surface area (Å²) in [6.07, 6.45) is 1.64. The Kier molecular flexibility index (Phi) is 10.9. The number of carbonyl (C=O) groups excluding carboxylic acids is 1. The number of hydrogen-bond donors (Lipinski definition) is 4. The van der Waals surface area contributed by atoms with Crippen molar-refractivity contribution < 1.29 is 31.0 Å². The van der Waals surface area contributed by atoms with Crippen molar-refractivity contribution >= 4 is 17.2 Å². The van der Waals surface area contributed by atoms with E-state index in [1.165, 1.54) is 21.6 Å². The van der Waals surface area contributed by atoms with Gasteiger partial charge in [-0.15, -0.1) is 17.9 Å². The van der Waals surface area contributed by atoms with Crippen LogP contribution in [0, 0.1) is 12.3 Å². The van der Waals surface area contributed by atoms with Gasteiger partial charge in [0.05, 0.1) is 27.9 Å². The fraction of sp³-hybridized carbons (Fsp3) is 0.500. The molecule has 2 aliphatic heterocycles. The first-order chi connectivity index (χ1) is 16.2. The smallest absolute Gasteiger partial charge is 0.247 e. The predicted octanol–water partition coefficient (Wildman–Crippen LogP) is 2.22. The number of nitrogens with one attached hydrogen (secondary N) is 2. The van der Waals surface area contributed by atoms with E-state index in [0.717, 1.165) is 11.3 Å². The maximum absolute atomic E-state index is 12.8. The molecule has 0 bridgehead atoms. The number of thiazole rings is 1. The zero-order valence-electron chi connectivity index (χ0n) is 20.5. The van der Waals surface area contributed by atoms with E-state index in [1.54, 1.807) is 16.2 Å². The minimum Gasteiger partial charge on any atom is -0.674 e. The van der Waals surface area contributed by atoms with Gasteiger partial charge in [-0.2, -0.15) is 0 Å². The van der Waals surface area contributed by atoms with Crippen LogP contribution in [0.1, 0.15) is 31.5 Å². The molecule has 9 nitrogen and oxygen atoms in total. The van der Waals surface area contributed by atoms with Gasteiger partial charge in [0, 0.05) is 58.9 Å². The van der Waals surface area contributed by atoms with Crippen molar-refractivity contribution in [1.29, 1.82) is 0 Å². The first-order valence-corrected chi connectivity index (χ1v) is 12.3. The molecule has 2 fully saturated rings. The first-order valence-electron chi connectivity index (χ1n) is 11.4. The summed E-state index contributed by atoms with van der Waals surface area (Å²) < 4.78 is 0. The molecular weight excluding hydrogens is 634 g/mol. The number of aryl methyl sites for hydroxylation is 1. The monoisotopic (exact) mass is 670 g/mol. The third kappa shape index (κ3) is 7.12. The minimum atomic E-state index is -0.488. The summed E-state index contributed by atoms with van der Waals surface area (Å²) in [6, 6.07) is 7.63. The Balaban J connectivity index is 0.000000254. The molecule has 2 aliphatic rings. The third-order valence-corrected chi connectivity index (χ3v) is 7.28. The van der Waals surface area contributed by atoms with Crippen molar-refractivity contribution in [2.45, 2.75) is 45.9 Å². The van der Waals surface area contributed by atoms with Crippen LogP contribution in [0.3, 0.4) is 0 Å². The van der Waals surface area contributed by atoms with Crippen molar-refractivity contribution in [2.24, 2.45) is 17.0 Å². The second-order valence-corrected chi connectivity index (χ2v) is 10.3. The summed E-state index contributed by atoms with van der Waals surface area (Å²) in [4.78, 5) is 19.9. The number of β-amino-alcohol motifs (C(OH)–C–C–N with tert-alkyl or cyclic N) is 1. The molecule has 0 saturated carbocycles. The number of aliphatic hydroxyl groups is 1. The van der Waals surface area contributed by atoms with E-state index in [4.69, 9.17) is 17.3 Å². The number of likely N-dealkylation sites (tertiary alicyclic amines) is 1. The van der Waals surface area contributed by atoms with Gasteiger partial charge >= 0.3 is 0 Å². The summed E-state index contributed by atoms with van der Waals surface area (Å²) in [7, 11) is 0. The number of carbonyl (C=O) groups is 1. The number of aliphatic hydroxyl groups excluding tert-OH is 1. The largest absolute Gasteiger partial charge is 0.674 e. The number of aromatic nitrogens is 1. The SMILES string of the molecule is CC1(C)CNC/C(=C/N)N(N)C1C(=O)N1CCC(O)C1.Cc1ncsc1-c1ccc(C[NH-])cc1.[W]. The van der Waals surface area contributed by atoms with E-state index in [-0.39, 0.29) is 32.4 Å². The van der Waals surface area contributed by atoms with Crippen molar-refractivity contribution in [3.05, 3.63) is 58.7 Å².